The van der Waals surface area contributed by atoms with Gasteiger partial charge in [0.15, 0.2) is 11.2 Å². The van der Waals surface area contributed by atoms with Crippen LogP contribution in [-0.2, 0) is 34.9 Å². The first-order valence-corrected chi connectivity index (χ1v) is 13.6. The van der Waals surface area contributed by atoms with Crippen molar-refractivity contribution in [2.75, 3.05) is 31.9 Å². The second kappa shape index (κ2) is 13.5. The van der Waals surface area contributed by atoms with E-state index < -0.39 is 31.5 Å². The summed E-state index contributed by atoms with van der Waals surface area (Å²) in [4.78, 5) is 36.8. The number of ether oxygens (including phenoxy) is 4. The Morgan fingerprint density at radius 2 is 1.64 bits per heavy atom. The summed E-state index contributed by atoms with van der Waals surface area (Å²) in [6.45, 7) is 10.9. The van der Waals surface area contributed by atoms with Crippen molar-refractivity contribution in [1.29, 1.82) is 0 Å². The molecule has 0 aliphatic rings. The molecule has 2 heterocycles. The number of carbonyl (C=O) groups is 2. The van der Waals surface area contributed by atoms with E-state index in [9.17, 15) is 14.2 Å². The van der Waals surface area contributed by atoms with Gasteiger partial charge in [-0.3, -0.25) is 14.2 Å². The van der Waals surface area contributed by atoms with Gasteiger partial charge in [0.25, 0.3) is 0 Å². The van der Waals surface area contributed by atoms with Gasteiger partial charge in [0.1, 0.15) is 18.4 Å². The van der Waals surface area contributed by atoms with E-state index in [4.69, 9.17) is 24.7 Å². The molecule has 0 saturated heterocycles. The van der Waals surface area contributed by atoms with Gasteiger partial charge in [-0.15, -0.1) is 0 Å². The minimum Gasteiger partial charge on any atom is -0.473 e. The summed E-state index contributed by atoms with van der Waals surface area (Å²) in [7, 11) is -3.59. The topological polar surface area (TPSA) is 182 Å². The van der Waals surface area contributed by atoms with E-state index in [2.05, 4.69) is 25.1 Å². The molecule has 0 aliphatic carbocycles. The number of hydrogen-bond donors (Lipinski definition) is 3. The Bertz CT molecular complexity index is 1050. The van der Waals surface area contributed by atoms with Crippen LogP contribution in [0, 0.1) is 0 Å². The van der Waals surface area contributed by atoms with Crippen LogP contribution in [0.5, 0.6) is 5.88 Å². The standard InChI is InChI=1S/C21H36N7O7P/c1-7-33-19(29)14(5)26-36(31,27-15(6)20(30)34-8-2)12-32-10-9-28-11-23-16-17(28)24-21(22)25-18(16)35-13(3)4/h11,13-15H,7-10,12H2,1-6H3,(H2,22,24,25)(H2,26,27,31)/t14-,15-/m0/s1. The molecular formula is C21H36N7O7P. The van der Waals surface area contributed by atoms with E-state index in [1.807, 2.05) is 13.8 Å². The number of rotatable bonds is 15. The summed E-state index contributed by atoms with van der Waals surface area (Å²) in [5.41, 5.74) is 6.74. The lowest BCUT2D eigenvalue weighted by molar-refractivity contribution is -0.145. The van der Waals surface area contributed by atoms with Gasteiger partial charge in [-0.05, 0) is 41.5 Å². The maximum atomic E-state index is 13.6. The van der Waals surface area contributed by atoms with Crippen molar-refractivity contribution in [1.82, 2.24) is 29.7 Å². The molecule has 2 rings (SSSR count). The quantitative estimate of drug-likeness (QED) is 0.171. The number of fused-ring (bicyclic) bond motifs is 1. The molecule has 0 amide bonds. The molecular weight excluding hydrogens is 493 g/mol. The Hall–Kier alpha value is -2.80. The van der Waals surface area contributed by atoms with Gasteiger partial charge in [-0.25, -0.2) is 15.2 Å². The van der Waals surface area contributed by atoms with Gasteiger partial charge >= 0.3 is 11.9 Å². The molecule has 36 heavy (non-hydrogen) atoms. The Labute approximate surface area is 210 Å². The van der Waals surface area contributed by atoms with Crippen molar-refractivity contribution in [3.05, 3.63) is 6.33 Å². The Kier molecular flexibility index (Phi) is 11.0. The molecule has 0 aromatic carbocycles. The highest BCUT2D eigenvalue weighted by Gasteiger charge is 2.32. The fraction of sp³-hybridized carbons (Fsp3) is 0.667. The number of hydrogen-bond acceptors (Lipinski definition) is 11. The van der Waals surface area contributed by atoms with Crippen molar-refractivity contribution in [3.63, 3.8) is 0 Å². The summed E-state index contributed by atoms with van der Waals surface area (Å²) in [6.07, 6.45) is 1.11. The summed E-state index contributed by atoms with van der Waals surface area (Å²) in [6, 6.07) is -1.81. The molecule has 0 saturated carbocycles. The third-order valence-electron chi connectivity index (χ3n) is 4.63. The minimum absolute atomic E-state index is 0.0413. The van der Waals surface area contributed by atoms with Crippen LogP contribution >= 0.6 is 7.44 Å². The minimum atomic E-state index is -3.59. The number of nitrogen functional groups attached to an aromatic ring is 1. The smallest absolute Gasteiger partial charge is 0.323 e. The predicted molar refractivity (Wildman–Crippen MR) is 132 cm³/mol. The van der Waals surface area contributed by atoms with Crippen LogP contribution in [0.4, 0.5) is 5.95 Å². The molecule has 2 atom stereocenters. The summed E-state index contributed by atoms with van der Waals surface area (Å²) in [5, 5.41) is 5.45. The van der Waals surface area contributed by atoms with Crippen molar-refractivity contribution < 1.29 is 33.1 Å². The van der Waals surface area contributed by atoms with E-state index in [0.717, 1.165) is 0 Å². The van der Waals surface area contributed by atoms with Gasteiger partial charge in [0.2, 0.25) is 19.3 Å². The lowest BCUT2D eigenvalue weighted by Gasteiger charge is -2.26. The average Bonchev–Trinajstić information content (AvgIpc) is 3.19. The number of nitrogens with one attached hydrogen (secondary N) is 2. The first-order valence-electron chi connectivity index (χ1n) is 11.7. The molecule has 0 bridgehead atoms. The summed E-state index contributed by atoms with van der Waals surface area (Å²) < 4.78 is 36.6. The number of imidazole rings is 1. The second-order valence-corrected chi connectivity index (χ2v) is 10.4. The zero-order valence-corrected chi connectivity index (χ0v) is 22.4. The van der Waals surface area contributed by atoms with E-state index in [0.29, 0.717) is 17.7 Å². The maximum Gasteiger partial charge on any atom is 0.323 e. The van der Waals surface area contributed by atoms with Crippen LogP contribution in [-0.4, -0.2) is 75.8 Å². The highest BCUT2D eigenvalue weighted by atomic mass is 31.2. The van der Waals surface area contributed by atoms with Crippen LogP contribution in [0.2, 0.25) is 0 Å². The molecule has 2 aromatic rings. The molecule has 4 N–H and O–H groups in total. The van der Waals surface area contributed by atoms with Gasteiger partial charge < -0.3 is 29.2 Å². The van der Waals surface area contributed by atoms with Crippen LogP contribution in [0.25, 0.3) is 11.2 Å². The number of esters is 2. The molecule has 0 spiro atoms. The van der Waals surface area contributed by atoms with E-state index in [1.165, 1.54) is 13.8 Å². The van der Waals surface area contributed by atoms with Gasteiger partial charge in [0.05, 0.1) is 32.3 Å². The molecule has 0 aliphatic heterocycles. The Morgan fingerprint density at radius 3 is 2.17 bits per heavy atom. The van der Waals surface area contributed by atoms with Crippen LogP contribution in [0.3, 0.4) is 0 Å². The van der Waals surface area contributed by atoms with Gasteiger partial charge in [-0.1, -0.05) is 0 Å². The summed E-state index contributed by atoms with van der Waals surface area (Å²) in [5.74, 6) is -0.833. The fourth-order valence-corrected chi connectivity index (χ4v) is 5.21. The molecule has 0 unspecified atom stereocenters. The maximum absolute atomic E-state index is 13.6. The predicted octanol–water partition coefficient (Wildman–Crippen LogP) is 1.45. The number of nitrogens with zero attached hydrogens (tertiary/aromatic N) is 4. The second-order valence-electron chi connectivity index (χ2n) is 8.15. The largest absolute Gasteiger partial charge is 0.473 e. The van der Waals surface area contributed by atoms with Crippen molar-refractivity contribution in [2.24, 2.45) is 0 Å². The van der Waals surface area contributed by atoms with Crippen LogP contribution < -0.4 is 20.6 Å². The van der Waals surface area contributed by atoms with E-state index >= 15 is 0 Å². The molecule has 2 aromatic heterocycles. The van der Waals surface area contributed by atoms with Gasteiger partial charge in [-0.2, -0.15) is 9.97 Å². The van der Waals surface area contributed by atoms with E-state index in [1.54, 1.807) is 24.7 Å². The first kappa shape index (κ1) is 29.4. The SMILES string of the molecule is CCOC(=O)[C@H](C)NP(=O)(COCCn1cnc2c(OC(C)C)nc(N)nc21)N[C@@H](C)C(=O)OCC. The third-order valence-corrected chi connectivity index (χ3v) is 6.79. The highest BCUT2D eigenvalue weighted by Crippen LogP contribution is 2.37. The van der Waals surface area contributed by atoms with Crippen molar-refractivity contribution in [3.8, 4) is 5.88 Å². The number of anilines is 1. The average molecular weight is 530 g/mol. The molecule has 15 heteroatoms. The lowest BCUT2D eigenvalue weighted by atomic mass is 10.4. The monoisotopic (exact) mass is 529 g/mol. The van der Waals surface area contributed by atoms with Crippen molar-refractivity contribution >= 4 is 36.5 Å². The Morgan fingerprint density at radius 1 is 1.06 bits per heavy atom. The molecule has 0 fully saturated rings. The normalized spacial score (nSPS) is 13.5. The zero-order chi connectivity index (χ0) is 26.9. The highest BCUT2D eigenvalue weighted by molar-refractivity contribution is 7.59. The van der Waals surface area contributed by atoms with Crippen LogP contribution in [0.1, 0.15) is 41.5 Å². The number of carbonyl (C=O) groups excluding carboxylic acids is 2. The molecule has 14 nitrogen and oxygen atoms in total. The molecule has 202 valence electrons. The van der Waals surface area contributed by atoms with E-state index in [-0.39, 0.29) is 44.1 Å². The third kappa shape index (κ3) is 8.40. The number of nitrogens with two attached hydrogens (primary N) is 1. The van der Waals surface area contributed by atoms with Gasteiger partial charge in [0, 0.05) is 6.54 Å². The first-order chi connectivity index (χ1) is 17.0. The van der Waals surface area contributed by atoms with Crippen LogP contribution in [0.15, 0.2) is 6.33 Å². The Balaban J connectivity index is 2.09. The zero-order valence-electron chi connectivity index (χ0n) is 21.5. The summed E-state index contributed by atoms with van der Waals surface area (Å²) >= 11 is 0. The molecule has 0 radical (unpaired) electrons. The fourth-order valence-electron chi connectivity index (χ4n) is 3.14. The lowest BCUT2D eigenvalue weighted by Crippen LogP contribution is -2.42. The number of aromatic nitrogens is 4. The van der Waals surface area contributed by atoms with Crippen molar-refractivity contribution in [2.45, 2.75) is 66.3 Å².